The molecule has 0 aliphatic heterocycles. The maximum Gasteiger partial charge on any atom is 0.264 e. The van der Waals surface area contributed by atoms with Crippen LogP contribution >= 0.6 is 0 Å². The van der Waals surface area contributed by atoms with Crippen molar-refractivity contribution in [3.63, 3.8) is 0 Å². The van der Waals surface area contributed by atoms with Gasteiger partial charge in [0.15, 0.2) is 0 Å². The molecule has 0 unspecified atom stereocenters. The molecular weight excluding hydrogens is 371 g/mol. The lowest BCUT2D eigenvalue weighted by molar-refractivity contribution is -0.119. The van der Waals surface area contributed by atoms with Crippen molar-refractivity contribution in [3.05, 3.63) is 54.3 Å². The van der Waals surface area contributed by atoms with Crippen LogP contribution in [0.4, 0.5) is 10.1 Å². The van der Waals surface area contributed by atoms with E-state index in [2.05, 4.69) is 5.32 Å². The van der Waals surface area contributed by atoms with E-state index >= 15 is 0 Å². The number of carbonyl (C=O) groups is 1. The van der Waals surface area contributed by atoms with Gasteiger partial charge in [-0.25, -0.2) is 12.8 Å². The lowest BCUT2D eigenvalue weighted by atomic mass is 10.3. The number of rotatable bonds is 9. The maximum atomic E-state index is 13.2. The van der Waals surface area contributed by atoms with Crippen LogP contribution in [0.3, 0.4) is 0 Å². The van der Waals surface area contributed by atoms with Crippen LogP contribution < -0.4 is 14.4 Å². The monoisotopic (exact) mass is 394 g/mol. The van der Waals surface area contributed by atoms with Crippen molar-refractivity contribution >= 4 is 21.6 Å². The third-order valence-corrected chi connectivity index (χ3v) is 5.69. The topological polar surface area (TPSA) is 75.7 Å². The number of hydrogen-bond donors (Lipinski definition) is 1. The predicted molar refractivity (Wildman–Crippen MR) is 102 cm³/mol. The van der Waals surface area contributed by atoms with Crippen LogP contribution in [0, 0.1) is 5.82 Å². The van der Waals surface area contributed by atoms with E-state index in [4.69, 9.17) is 4.74 Å². The van der Waals surface area contributed by atoms with Crippen molar-refractivity contribution in [3.8, 4) is 5.75 Å². The summed E-state index contributed by atoms with van der Waals surface area (Å²) in [4.78, 5) is 12.2. The molecule has 0 saturated carbocycles. The molecule has 2 rings (SSSR count). The molecule has 0 aliphatic carbocycles. The van der Waals surface area contributed by atoms with Crippen molar-refractivity contribution in [2.45, 2.75) is 24.7 Å². The summed E-state index contributed by atoms with van der Waals surface area (Å²) in [5.74, 6) is -0.391. The van der Waals surface area contributed by atoms with Gasteiger partial charge >= 0.3 is 0 Å². The van der Waals surface area contributed by atoms with E-state index in [9.17, 15) is 17.6 Å². The van der Waals surface area contributed by atoms with Crippen LogP contribution in [0.5, 0.6) is 5.75 Å². The number of benzene rings is 2. The van der Waals surface area contributed by atoms with E-state index in [-0.39, 0.29) is 11.4 Å². The summed E-state index contributed by atoms with van der Waals surface area (Å²) in [6.45, 7) is 2.09. The Kier molecular flexibility index (Phi) is 7.18. The van der Waals surface area contributed by atoms with Gasteiger partial charge in [0.05, 0.1) is 17.7 Å². The molecular formula is C19H23FN2O4S. The average molecular weight is 394 g/mol. The number of nitrogens with one attached hydrogen (secondary N) is 1. The molecule has 146 valence electrons. The number of unbranched alkanes of at least 4 members (excludes halogenated alkanes) is 1. The van der Waals surface area contributed by atoms with Gasteiger partial charge in [0.1, 0.15) is 18.1 Å². The van der Waals surface area contributed by atoms with Crippen LogP contribution in [0.2, 0.25) is 0 Å². The molecule has 0 aromatic heterocycles. The van der Waals surface area contributed by atoms with E-state index in [1.807, 2.05) is 6.92 Å². The Hall–Kier alpha value is -2.61. The van der Waals surface area contributed by atoms with Gasteiger partial charge in [-0.15, -0.1) is 0 Å². The number of amides is 1. The summed E-state index contributed by atoms with van der Waals surface area (Å²) in [6.07, 6.45) is 1.72. The largest absolute Gasteiger partial charge is 0.497 e. The molecule has 0 spiro atoms. The quantitative estimate of drug-likeness (QED) is 0.664. The second kappa shape index (κ2) is 9.36. The van der Waals surface area contributed by atoms with E-state index in [1.165, 1.54) is 19.2 Å². The number of anilines is 1. The Morgan fingerprint density at radius 2 is 1.74 bits per heavy atom. The fourth-order valence-electron chi connectivity index (χ4n) is 2.39. The molecule has 8 heteroatoms. The zero-order valence-electron chi connectivity index (χ0n) is 15.3. The molecule has 1 N–H and O–H groups in total. The van der Waals surface area contributed by atoms with E-state index in [0.29, 0.717) is 18.0 Å². The van der Waals surface area contributed by atoms with Crippen molar-refractivity contribution in [2.24, 2.45) is 0 Å². The zero-order chi connectivity index (χ0) is 19.9. The molecule has 0 saturated heterocycles. The highest BCUT2D eigenvalue weighted by molar-refractivity contribution is 7.92. The Labute approximate surface area is 159 Å². The Morgan fingerprint density at radius 1 is 1.11 bits per heavy atom. The first-order chi connectivity index (χ1) is 12.9. The summed E-state index contributed by atoms with van der Waals surface area (Å²) in [6, 6.07) is 10.8. The van der Waals surface area contributed by atoms with Crippen LogP contribution in [0.25, 0.3) is 0 Å². The number of halogens is 1. The Bertz CT molecular complexity index is 852. The van der Waals surface area contributed by atoms with Gasteiger partial charge in [0.2, 0.25) is 5.91 Å². The minimum absolute atomic E-state index is 0.0962. The van der Waals surface area contributed by atoms with Crippen LogP contribution in [0.1, 0.15) is 19.8 Å². The number of methoxy groups -OCH3 is 1. The normalized spacial score (nSPS) is 11.1. The van der Waals surface area contributed by atoms with Gasteiger partial charge in [-0.3, -0.25) is 9.10 Å². The van der Waals surface area contributed by atoms with Crippen molar-refractivity contribution in [1.82, 2.24) is 5.32 Å². The van der Waals surface area contributed by atoms with Crippen LogP contribution in [0.15, 0.2) is 53.4 Å². The fraction of sp³-hybridized carbons (Fsp3) is 0.316. The number of nitrogens with zero attached hydrogens (tertiary/aromatic N) is 1. The molecule has 0 radical (unpaired) electrons. The lowest BCUT2D eigenvalue weighted by Crippen LogP contribution is -2.41. The lowest BCUT2D eigenvalue weighted by Gasteiger charge is -2.24. The SMILES string of the molecule is CCCCNC(=O)CN(c1ccc(OC)cc1)S(=O)(=O)c1ccc(F)cc1. The predicted octanol–water partition coefficient (Wildman–Crippen LogP) is 2.95. The Morgan fingerprint density at radius 3 is 2.30 bits per heavy atom. The highest BCUT2D eigenvalue weighted by Gasteiger charge is 2.27. The summed E-state index contributed by atoms with van der Waals surface area (Å²) >= 11 is 0. The molecule has 0 aliphatic rings. The molecule has 0 heterocycles. The van der Waals surface area contributed by atoms with Gasteiger partial charge < -0.3 is 10.1 Å². The minimum Gasteiger partial charge on any atom is -0.497 e. The number of ether oxygens (including phenoxy) is 1. The molecule has 6 nitrogen and oxygen atoms in total. The first-order valence-corrected chi connectivity index (χ1v) is 10.0. The molecule has 2 aromatic rings. The number of sulfonamides is 1. The van der Waals surface area contributed by atoms with E-state index < -0.39 is 21.7 Å². The first-order valence-electron chi connectivity index (χ1n) is 8.57. The smallest absolute Gasteiger partial charge is 0.264 e. The van der Waals surface area contributed by atoms with E-state index in [1.54, 1.807) is 24.3 Å². The Balaban J connectivity index is 2.35. The summed E-state index contributed by atoms with van der Waals surface area (Å²) in [7, 11) is -2.55. The van der Waals surface area contributed by atoms with Crippen LogP contribution in [-0.4, -0.2) is 34.5 Å². The zero-order valence-corrected chi connectivity index (χ0v) is 16.1. The van der Waals surface area contributed by atoms with Gasteiger partial charge in [-0.05, 0) is 55.0 Å². The number of hydrogen-bond acceptors (Lipinski definition) is 4. The highest BCUT2D eigenvalue weighted by Crippen LogP contribution is 2.25. The first kappa shape index (κ1) is 20.7. The maximum absolute atomic E-state index is 13.2. The fourth-order valence-corrected chi connectivity index (χ4v) is 3.81. The molecule has 27 heavy (non-hydrogen) atoms. The minimum atomic E-state index is -4.05. The van der Waals surface area contributed by atoms with Gasteiger partial charge in [-0.2, -0.15) is 0 Å². The standard InChI is InChI=1S/C19H23FN2O4S/c1-3-4-13-21-19(23)14-22(16-7-9-17(26-2)10-8-16)27(24,25)18-11-5-15(20)6-12-18/h5-12H,3-4,13-14H2,1-2H3,(H,21,23). The second-order valence-corrected chi connectivity index (χ2v) is 7.73. The van der Waals surface area contributed by atoms with Crippen molar-refractivity contribution in [1.29, 1.82) is 0 Å². The molecule has 0 atom stereocenters. The molecule has 2 aromatic carbocycles. The van der Waals surface area contributed by atoms with Crippen molar-refractivity contribution < 1.29 is 22.3 Å². The van der Waals surface area contributed by atoms with E-state index in [0.717, 1.165) is 29.3 Å². The third-order valence-electron chi connectivity index (χ3n) is 3.90. The third kappa shape index (κ3) is 5.43. The highest BCUT2D eigenvalue weighted by atomic mass is 32.2. The summed E-state index contributed by atoms with van der Waals surface area (Å²) < 4.78 is 45.4. The van der Waals surface area contributed by atoms with Crippen LogP contribution in [-0.2, 0) is 14.8 Å². The van der Waals surface area contributed by atoms with Gasteiger partial charge in [0, 0.05) is 6.54 Å². The molecule has 1 amide bonds. The number of carbonyl (C=O) groups excluding carboxylic acids is 1. The molecule has 0 bridgehead atoms. The van der Waals surface area contributed by atoms with Crippen molar-refractivity contribution in [2.75, 3.05) is 24.5 Å². The van der Waals surface area contributed by atoms with Gasteiger partial charge in [0.25, 0.3) is 10.0 Å². The average Bonchev–Trinajstić information content (AvgIpc) is 2.67. The summed E-state index contributed by atoms with van der Waals surface area (Å²) in [5, 5.41) is 2.71. The molecule has 0 fully saturated rings. The van der Waals surface area contributed by atoms with Gasteiger partial charge in [-0.1, -0.05) is 13.3 Å². The summed E-state index contributed by atoms with van der Waals surface area (Å²) in [5.41, 5.74) is 0.311. The second-order valence-electron chi connectivity index (χ2n) is 5.87.